The molecule has 0 aromatic heterocycles. The third-order valence-electron chi connectivity index (χ3n) is 2.95. The van der Waals surface area contributed by atoms with Gasteiger partial charge in [0.25, 0.3) is 6.43 Å². The van der Waals surface area contributed by atoms with E-state index in [1.165, 1.54) is 19.2 Å². The van der Waals surface area contributed by atoms with Crippen LogP contribution in [0.25, 0.3) is 0 Å². The molecule has 7 heteroatoms. The van der Waals surface area contributed by atoms with Crippen molar-refractivity contribution in [1.82, 2.24) is 5.32 Å². The lowest BCUT2D eigenvalue weighted by Crippen LogP contribution is -2.26. The molecule has 0 fully saturated rings. The zero-order valence-electron chi connectivity index (χ0n) is 12.1. The first kappa shape index (κ1) is 17.7. The van der Waals surface area contributed by atoms with Gasteiger partial charge in [0.1, 0.15) is 0 Å². The average Bonchev–Trinajstić information content (AvgIpc) is 2.34. The number of hydrogen-bond acceptors (Lipinski definition) is 2. The Balaban J connectivity index is 3.07. The van der Waals surface area contributed by atoms with E-state index in [9.17, 15) is 22.0 Å². The molecule has 0 aliphatic carbocycles. The molecule has 0 aliphatic rings. The normalized spacial score (nSPS) is 12.3. The van der Waals surface area contributed by atoms with E-state index in [2.05, 4.69) is 5.32 Å². The van der Waals surface area contributed by atoms with Crippen LogP contribution in [0.4, 0.5) is 27.6 Å². The molecule has 1 aromatic carbocycles. The van der Waals surface area contributed by atoms with Crippen molar-refractivity contribution in [2.24, 2.45) is 0 Å². The van der Waals surface area contributed by atoms with Gasteiger partial charge in [0.2, 0.25) is 0 Å². The molecule has 0 saturated heterocycles. The van der Waals surface area contributed by atoms with Crippen molar-refractivity contribution in [3.8, 4) is 0 Å². The van der Waals surface area contributed by atoms with Crippen LogP contribution in [-0.4, -0.2) is 26.1 Å². The topological polar surface area (TPSA) is 15.3 Å². The molecule has 0 unspecified atom stereocenters. The maximum atomic E-state index is 13.1. The van der Waals surface area contributed by atoms with Gasteiger partial charge in [-0.2, -0.15) is 13.2 Å². The number of rotatable bonds is 6. The van der Waals surface area contributed by atoms with Gasteiger partial charge in [0.05, 0.1) is 12.1 Å². The standard InChI is InChI=1S/C14H19F5N2/c1-9(2)20-7-10-4-5-11(21(3)8-13(15)16)6-12(10)14(17,18)19/h4-6,9,13,20H,7-8H2,1-3H3. The van der Waals surface area contributed by atoms with Crippen LogP contribution in [0.15, 0.2) is 18.2 Å². The van der Waals surface area contributed by atoms with E-state index in [1.807, 2.05) is 13.8 Å². The van der Waals surface area contributed by atoms with Crippen LogP contribution in [0.1, 0.15) is 25.0 Å². The Morgan fingerprint density at radius 3 is 2.29 bits per heavy atom. The third kappa shape index (κ3) is 5.49. The Morgan fingerprint density at radius 2 is 1.81 bits per heavy atom. The van der Waals surface area contributed by atoms with Crippen LogP contribution in [-0.2, 0) is 12.7 Å². The first-order chi connectivity index (χ1) is 9.61. The monoisotopic (exact) mass is 310 g/mol. The molecule has 0 radical (unpaired) electrons. The summed E-state index contributed by atoms with van der Waals surface area (Å²) in [6.07, 6.45) is -7.12. The van der Waals surface area contributed by atoms with Crippen LogP contribution in [0.5, 0.6) is 0 Å². The lowest BCUT2D eigenvalue weighted by Gasteiger charge is -2.22. The Morgan fingerprint density at radius 1 is 1.19 bits per heavy atom. The number of nitrogens with zero attached hydrogens (tertiary/aromatic N) is 1. The predicted octanol–water partition coefficient (Wildman–Crippen LogP) is 3.90. The molecule has 0 atom stereocenters. The molecule has 0 bridgehead atoms. The van der Waals surface area contributed by atoms with Gasteiger partial charge in [-0.1, -0.05) is 19.9 Å². The Bertz CT molecular complexity index is 457. The van der Waals surface area contributed by atoms with Gasteiger partial charge in [0.15, 0.2) is 0 Å². The molecule has 1 N–H and O–H groups in total. The Kier molecular flexibility index (Phi) is 5.95. The average molecular weight is 310 g/mol. The zero-order valence-corrected chi connectivity index (χ0v) is 12.1. The largest absolute Gasteiger partial charge is 0.416 e. The van der Waals surface area contributed by atoms with Crippen molar-refractivity contribution in [2.75, 3.05) is 18.5 Å². The van der Waals surface area contributed by atoms with Crippen LogP contribution in [0.2, 0.25) is 0 Å². The van der Waals surface area contributed by atoms with Gasteiger partial charge in [-0.25, -0.2) is 8.78 Å². The number of anilines is 1. The Labute approximate surface area is 120 Å². The first-order valence-corrected chi connectivity index (χ1v) is 6.54. The minimum Gasteiger partial charge on any atom is -0.369 e. The number of halogens is 5. The number of nitrogens with one attached hydrogen (secondary N) is 1. The fraction of sp³-hybridized carbons (Fsp3) is 0.571. The maximum Gasteiger partial charge on any atom is 0.416 e. The van der Waals surface area contributed by atoms with E-state index in [-0.39, 0.29) is 23.8 Å². The summed E-state index contributed by atoms with van der Waals surface area (Å²) < 4.78 is 63.9. The summed E-state index contributed by atoms with van der Waals surface area (Å²) in [5.74, 6) is 0. The van der Waals surface area contributed by atoms with Gasteiger partial charge in [0, 0.05) is 25.3 Å². The van der Waals surface area contributed by atoms with Crippen LogP contribution in [0, 0.1) is 0 Å². The maximum absolute atomic E-state index is 13.1. The highest BCUT2D eigenvalue weighted by molar-refractivity contribution is 5.51. The minimum atomic E-state index is -4.52. The number of hydrogen-bond donors (Lipinski definition) is 1. The molecular formula is C14H19F5N2. The minimum absolute atomic E-state index is 0.0484. The molecule has 0 spiro atoms. The van der Waals surface area contributed by atoms with Crippen molar-refractivity contribution >= 4 is 5.69 Å². The summed E-state index contributed by atoms with van der Waals surface area (Å²) in [5, 5.41) is 2.92. The van der Waals surface area contributed by atoms with Gasteiger partial charge in [-0.05, 0) is 17.7 Å². The lowest BCUT2D eigenvalue weighted by atomic mass is 10.0. The fourth-order valence-electron chi connectivity index (χ4n) is 1.85. The van der Waals surface area contributed by atoms with Crippen molar-refractivity contribution in [3.63, 3.8) is 0 Å². The fourth-order valence-corrected chi connectivity index (χ4v) is 1.85. The summed E-state index contributed by atoms with van der Waals surface area (Å²) in [6, 6.07) is 3.72. The molecule has 1 rings (SSSR count). The van der Waals surface area contributed by atoms with E-state index in [0.717, 1.165) is 11.0 Å². The second kappa shape index (κ2) is 7.06. The number of benzene rings is 1. The highest BCUT2D eigenvalue weighted by atomic mass is 19.4. The van der Waals surface area contributed by atoms with Crippen LogP contribution in [0.3, 0.4) is 0 Å². The molecule has 0 aliphatic heterocycles. The molecule has 21 heavy (non-hydrogen) atoms. The summed E-state index contributed by atoms with van der Waals surface area (Å²) >= 11 is 0. The van der Waals surface area contributed by atoms with Crippen molar-refractivity contribution in [1.29, 1.82) is 0 Å². The summed E-state index contributed by atoms with van der Waals surface area (Å²) in [6.45, 7) is 3.13. The van der Waals surface area contributed by atoms with Crippen LogP contribution >= 0.6 is 0 Å². The summed E-state index contributed by atoms with van der Waals surface area (Å²) in [7, 11) is 1.34. The van der Waals surface area contributed by atoms with E-state index in [4.69, 9.17) is 0 Å². The predicted molar refractivity (Wildman–Crippen MR) is 72.7 cm³/mol. The SMILES string of the molecule is CC(C)NCc1ccc(N(C)CC(F)F)cc1C(F)(F)F. The quantitative estimate of drug-likeness (QED) is 0.802. The van der Waals surface area contributed by atoms with Gasteiger partial charge >= 0.3 is 6.18 Å². The molecule has 120 valence electrons. The second-order valence-electron chi connectivity index (χ2n) is 5.15. The van der Waals surface area contributed by atoms with Gasteiger partial charge < -0.3 is 10.2 Å². The lowest BCUT2D eigenvalue weighted by molar-refractivity contribution is -0.138. The zero-order chi connectivity index (χ0) is 16.2. The molecule has 0 saturated carbocycles. The first-order valence-electron chi connectivity index (χ1n) is 6.54. The van der Waals surface area contributed by atoms with Gasteiger partial charge in [-0.15, -0.1) is 0 Å². The van der Waals surface area contributed by atoms with Crippen molar-refractivity contribution < 1.29 is 22.0 Å². The molecule has 0 amide bonds. The molecule has 2 nitrogen and oxygen atoms in total. The highest BCUT2D eigenvalue weighted by Crippen LogP contribution is 2.34. The number of alkyl halides is 5. The van der Waals surface area contributed by atoms with E-state index < -0.39 is 24.7 Å². The summed E-state index contributed by atoms with van der Waals surface area (Å²) in [4.78, 5) is 1.11. The van der Waals surface area contributed by atoms with E-state index in [0.29, 0.717) is 0 Å². The second-order valence-corrected chi connectivity index (χ2v) is 5.15. The summed E-state index contributed by atoms with van der Waals surface area (Å²) in [5.41, 5.74) is -0.574. The third-order valence-corrected chi connectivity index (χ3v) is 2.95. The van der Waals surface area contributed by atoms with Crippen LogP contribution < -0.4 is 10.2 Å². The van der Waals surface area contributed by atoms with Crippen molar-refractivity contribution in [2.45, 2.75) is 39.0 Å². The highest BCUT2D eigenvalue weighted by Gasteiger charge is 2.33. The molecule has 1 aromatic rings. The van der Waals surface area contributed by atoms with E-state index in [1.54, 1.807) is 0 Å². The van der Waals surface area contributed by atoms with Gasteiger partial charge in [-0.3, -0.25) is 0 Å². The smallest absolute Gasteiger partial charge is 0.369 e. The Hall–Kier alpha value is -1.37. The van der Waals surface area contributed by atoms with Crippen molar-refractivity contribution in [3.05, 3.63) is 29.3 Å². The molecule has 0 heterocycles. The van der Waals surface area contributed by atoms with E-state index >= 15 is 0 Å². The molecular weight excluding hydrogens is 291 g/mol.